The molecule has 1 aliphatic rings. The molecule has 0 saturated carbocycles. The molecule has 0 bridgehead atoms. The Morgan fingerprint density at radius 2 is 1.95 bits per heavy atom. The van der Waals surface area contributed by atoms with Crippen LogP contribution in [0, 0.1) is 0 Å². The molecule has 1 aromatic heterocycles. The van der Waals surface area contributed by atoms with Crippen LogP contribution in [0.1, 0.15) is 12.0 Å². The number of hydrogen-bond acceptors (Lipinski definition) is 5. The highest BCUT2D eigenvalue weighted by molar-refractivity contribution is 7.88. The minimum Gasteiger partial charge on any atom is -0.379 e. The zero-order valence-electron chi connectivity index (χ0n) is 12.4. The van der Waals surface area contributed by atoms with E-state index in [0.717, 1.165) is 44.8 Å². The van der Waals surface area contributed by atoms with Gasteiger partial charge in [0, 0.05) is 38.6 Å². The summed E-state index contributed by atoms with van der Waals surface area (Å²) in [5.74, 6) is 0. The number of pyridine rings is 1. The molecule has 1 fully saturated rings. The van der Waals surface area contributed by atoms with Gasteiger partial charge in [0.25, 0.3) is 0 Å². The monoisotopic (exact) mass is 313 g/mol. The third-order valence-corrected chi connectivity index (χ3v) is 4.81. The zero-order chi connectivity index (χ0) is 15.1. The number of morpholine rings is 1. The van der Waals surface area contributed by atoms with Crippen molar-refractivity contribution in [1.82, 2.24) is 14.2 Å². The fourth-order valence-corrected chi connectivity index (χ4v) is 3.19. The Kier molecular flexibility index (Phi) is 6.10. The van der Waals surface area contributed by atoms with E-state index < -0.39 is 10.0 Å². The summed E-state index contributed by atoms with van der Waals surface area (Å²) in [6, 6.07) is 3.69. The van der Waals surface area contributed by atoms with Crippen molar-refractivity contribution in [2.45, 2.75) is 13.0 Å². The minimum atomic E-state index is -3.20. The normalized spacial score (nSPS) is 17.2. The van der Waals surface area contributed by atoms with Crippen molar-refractivity contribution in [3.63, 3.8) is 0 Å². The second-order valence-corrected chi connectivity index (χ2v) is 7.24. The van der Waals surface area contributed by atoms with E-state index >= 15 is 0 Å². The molecule has 0 N–H and O–H groups in total. The van der Waals surface area contributed by atoms with Crippen molar-refractivity contribution >= 4 is 10.0 Å². The Bertz CT molecular complexity index is 516. The Labute approximate surface area is 126 Å². The highest BCUT2D eigenvalue weighted by Crippen LogP contribution is 2.09. The Balaban J connectivity index is 1.85. The van der Waals surface area contributed by atoms with E-state index in [0.29, 0.717) is 13.1 Å². The molecule has 0 amide bonds. The maximum absolute atomic E-state index is 11.9. The molecule has 118 valence electrons. The lowest BCUT2D eigenvalue weighted by molar-refractivity contribution is 0.0368. The molecule has 0 unspecified atom stereocenters. The summed E-state index contributed by atoms with van der Waals surface area (Å²) in [5, 5.41) is 0. The molecule has 0 atom stereocenters. The molecule has 7 heteroatoms. The molecule has 1 saturated heterocycles. The lowest BCUT2D eigenvalue weighted by atomic mass is 10.2. The van der Waals surface area contributed by atoms with E-state index in [1.807, 2.05) is 12.1 Å². The number of aromatic nitrogens is 1. The predicted molar refractivity (Wildman–Crippen MR) is 81.4 cm³/mol. The first-order valence-corrected chi connectivity index (χ1v) is 9.04. The van der Waals surface area contributed by atoms with Crippen LogP contribution in [0.25, 0.3) is 0 Å². The number of sulfonamides is 1. The highest BCUT2D eigenvalue weighted by atomic mass is 32.2. The average Bonchev–Trinajstić information content (AvgIpc) is 2.47. The first-order chi connectivity index (χ1) is 10.1. The summed E-state index contributed by atoms with van der Waals surface area (Å²) in [6.45, 7) is 5.26. The third kappa shape index (κ3) is 5.70. The summed E-state index contributed by atoms with van der Waals surface area (Å²) < 4.78 is 30.6. The molecule has 6 nitrogen and oxygen atoms in total. The number of rotatable bonds is 7. The van der Waals surface area contributed by atoms with Gasteiger partial charge in [0.1, 0.15) is 0 Å². The van der Waals surface area contributed by atoms with E-state index in [1.165, 1.54) is 10.6 Å². The van der Waals surface area contributed by atoms with Gasteiger partial charge >= 0.3 is 0 Å². The Hall–Kier alpha value is -1.02. The zero-order valence-corrected chi connectivity index (χ0v) is 13.3. The van der Waals surface area contributed by atoms with Crippen molar-refractivity contribution in [2.75, 3.05) is 45.6 Å². The molecule has 1 aliphatic heterocycles. The maximum atomic E-state index is 11.9. The fourth-order valence-electron chi connectivity index (χ4n) is 2.35. The van der Waals surface area contributed by atoms with Gasteiger partial charge in [-0.3, -0.25) is 9.88 Å². The van der Waals surface area contributed by atoms with Gasteiger partial charge in [0.15, 0.2) is 0 Å². The van der Waals surface area contributed by atoms with Crippen LogP contribution in [0.5, 0.6) is 0 Å². The van der Waals surface area contributed by atoms with E-state index in [-0.39, 0.29) is 0 Å². The van der Waals surface area contributed by atoms with Gasteiger partial charge in [0.05, 0.1) is 19.5 Å². The molecule has 21 heavy (non-hydrogen) atoms. The van der Waals surface area contributed by atoms with Crippen LogP contribution >= 0.6 is 0 Å². The number of nitrogens with zero attached hydrogens (tertiary/aromatic N) is 3. The smallest absolute Gasteiger partial charge is 0.211 e. The quantitative estimate of drug-likeness (QED) is 0.736. The first-order valence-electron chi connectivity index (χ1n) is 7.20. The second kappa shape index (κ2) is 7.84. The topological polar surface area (TPSA) is 62.7 Å². The van der Waals surface area contributed by atoms with Gasteiger partial charge in [-0.25, -0.2) is 8.42 Å². The van der Waals surface area contributed by atoms with Gasteiger partial charge in [-0.05, 0) is 30.7 Å². The van der Waals surface area contributed by atoms with Gasteiger partial charge in [-0.2, -0.15) is 4.31 Å². The van der Waals surface area contributed by atoms with Gasteiger partial charge < -0.3 is 4.74 Å². The second-order valence-electron chi connectivity index (χ2n) is 5.26. The van der Waals surface area contributed by atoms with Crippen LogP contribution in [-0.4, -0.2) is 68.3 Å². The third-order valence-electron chi connectivity index (χ3n) is 3.56. The van der Waals surface area contributed by atoms with Gasteiger partial charge in [0.2, 0.25) is 10.0 Å². The molecule has 2 heterocycles. The Morgan fingerprint density at radius 1 is 1.29 bits per heavy atom. The fraction of sp³-hybridized carbons (Fsp3) is 0.643. The van der Waals surface area contributed by atoms with Crippen LogP contribution in [0.3, 0.4) is 0 Å². The van der Waals surface area contributed by atoms with Crippen molar-refractivity contribution in [3.8, 4) is 0 Å². The lowest BCUT2D eigenvalue weighted by Gasteiger charge is -2.27. The van der Waals surface area contributed by atoms with Crippen LogP contribution in [0.4, 0.5) is 0 Å². The summed E-state index contributed by atoms with van der Waals surface area (Å²) >= 11 is 0. The summed E-state index contributed by atoms with van der Waals surface area (Å²) in [6.07, 6.45) is 5.47. The SMILES string of the molecule is CS(=O)(=O)N(CCCN1CCOCC1)Cc1ccncc1. The van der Waals surface area contributed by atoms with Crippen molar-refractivity contribution in [2.24, 2.45) is 0 Å². The average molecular weight is 313 g/mol. The van der Waals surface area contributed by atoms with Crippen LogP contribution in [0.2, 0.25) is 0 Å². The van der Waals surface area contributed by atoms with Gasteiger partial charge in [-0.15, -0.1) is 0 Å². The van der Waals surface area contributed by atoms with E-state index in [4.69, 9.17) is 4.74 Å². The maximum Gasteiger partial charge on any atom is 0.211 e. The molecular weight excluding hydrogens is 290 g/mol. The van der Waals surface area contributed by atoms with E-state index in [9.17, 15) is 8.42 Å². The van der Waals surface area contributed by atoms with Gasteiger partial charge in [-0.1, -0.05) is 0 Å². The number of hydrogen-bond donors (Lipinski definition) is 0. The molecule has 1 aromatic rings. The first kappa shape index (κ1) is 16.4. The van der Waals surface area contributed by atoms with Crippen molar-refractivity contribution in [3.05, 3.63) is 30.1 Å². The molecule has 0 spiro atoms. The van der Waals surface area contributed by atoms with Crippen LogP contribution in [0.15, 0.2) is 24.5 Å². The van der Waals surface area contributed by atoms with E-state index in [1.54, 1.807) is 12.4 Å². The molecule has 0 aromatic carbocycles. The molecule has 2 rings (SSSR count). The molecule has 0 aliphatic carbocycles. The largest absolute Gasteiger partial charge is 0.379 e. The number of ether oxygens (including phenoxy) is 1. The van der Waals surface area contributed by atoms with Crippen LogP contribution in [-0.2, 0) is 21.3 Å². The summed E-state index contributed by atoms with van der Waals surface area (Å²) in [7, 11) is -3.20. The summed E-state index contributed by atoms with van der Waals surface area (Å²) in [5.41, 5.74) is 0.960. The highest BCUT2D eigenvalue weighted by Gasteiger charge is 2.17. The van der Waals surface area contributed by atoms with Crippen molar-refractivity contribution < 1.29 is 13.2 Å². The minimum absolute atomic E-state index is 0.407. The Morgan fingerprint density at radius 3 is 2.57 bits per heavy atom. The van der Waals surface area contributed by atoms with Crippen molar-refractivity contribution in [1.29, 1.82) is 0 Å². The standard InChI is InChI=1S/C14H23N3O3S/c1-21(18,19)17(13-14-3-5-15-6-4-14)8-2-7-16-9-11-20-12-10-16/h3-6H,2,7-13H2,1H3. The van der Waals surface area contributed by atoms with Crippen LogP contribution < -0.4 is 0 Å². The molecular formula is C14H23N3O3S. The summed E-state index contributed by atoms with van der Waals surface area (Å²) in [4.78, 5) is 6.27. The molecule has 0 radical (unpaired) electrons. The predicted octanol–water partition coefficient (Wildman–Crippen LogP) is 0.566. The van der Waals surface area contributed by atoms with E-state index in [2.05, 4.69) is 9.88 Å². The lowest BCUT2D eigenvalue weighted by Crippen LogP contribution is -2.38.